The number of hydrogen-bond donors (Lipinski definition) is 0. The van der Waals surface area contributed by atoms with Crippen molar-refractivity contribution in [2.45, 2.75) is 40.0 Å². The average Bonchev–Trinajstić information content (AvgIpc) is 2.80. The van der Waals surface area contributed by atoms with Crippen LogP contribution in [-0.4, -0.2) is 54.9 Å². The Morgan fingerprint density at radius 2 is 1.72 bits per heavy atom. The fourth-order valence-electron chi connectivity index (χ4n) is 3.23. The van der Waals surface area contributed by atoms with Crippen LogP contribution in [0.3, 0.4) is 0 Å². The molecule has 1 heterocycles. The number of rotatable bonds is 5. The lowest BCUT2D eigenvalue weighted by Crippen LogP contribution is -2.38. The van der Waals surface area contributed by atoms with E-state index in [1.54, 1.807) is 7.11 Å². The van der Waals surface area contributed by atoms with Crippen LogP contribution in [0, 0.1) is 12.8 Å². The molecule has 0 bridgehead atoms. The summed E-state index contributed by atoms with van der Waals surface area (Å²) in [5, 5.41) is 0. The Morgan fingerprint density at radius 1 is 1.08 bits per heavy atom. The topological polar surface area (TPSA) is 49.9 Å². The van der Waals surface area contributed by atoms with E-state index in [0.717, 1.165) is 36.4 Å². The molecule has 2 rings (SSSR count). The van der Waals surface area contributed by atoms with Crippen LogP contribution in [0.1, 0.15) is 37.8 Å². The minimum atomic E-state index is 0.128. The van der Waals surface area contributed by atoms with Gasteiger partial charge in [0.15, 0.2) is 0 Å². The van der Waals surface area contributed by atoms with E-state index in [2.05, 4.69) is 13.8 Å². The fraction of sp³-hybridized carbons (Fsp3) is 0.600. The Labute approximate surface area is 150 Å². The summed E-state index contributed by atoms with van der Waals surface area (Å²) in [5.74, 6) is 1.54. The molecule has 0 spiro atoms. The number of methoxy groups -OCH3 is 1. The summed E-state index contributed by atoms with van der Waals surface area (Å²) < 4.78 is 5.27. The quantitative estimate of drug-likeness (QED) is 0.823. The predicted octanol–water partition coefficient (Wildman–Crippen LogP) is 2.65. The lowest BCUT2D eigenvalue weighted by atomic mass is 10.1. The van der Waals surface area contributed by atoms with Crippen molar-refractivity contribution >= 4 is 11.8 Å². The number of carbonyl (C=O) groups is 2. The van der Waals surface area contributed by atoms with Gasteiger partial charge in [-0.05, 0) is 36.5 Å². The van der Waals surface area contributed by atoms with E-state index < -0.39 is 0 Å². The highest BCUT2D eigenvalue weighted by molar-refractivity contribution is 5.79. The second-order valence-corrected chi connectivity index (χ2v) is 7.19. The summed E-state index contributed by atoms with van der Waals surface area (Å²) in [6.07, 6.45) is 1.82. The molecule has 0 unspecified atom stereocenters. The van der Waals surface area contributed by atoms with E-state index >= 15 is 0 Å². The second kappa shape index (κ2) is 8.88. The number of aryl methyl sites for hydroxylation is 1. The third kappa shape index (κ3) is 5.48. The lowest BCUT2D eigenvalue weighted by molar-refractivity contribution is -0.133. The largest absolute Gasteiger partial charge is 0.496 e. The second-order valence-electron chi connectivity index (χ2n) is 7.19. The van der Waals surface area contributed by atoms with Crippen LogP contribution in [0.15, 0.2) is 18.2 Å². The summed E-state index contributed by atoms with van der Waals surface area (Å²) in [5.41, 5.74) is 2.04. The van der Waals surface area contributed by atoms with Gasteiger partial charge in [0.25, 0.3) is 0 Å². The highest BCUT2D eigenvalue weighted by atomic mass is 16.5. The van der Waals surface area contributed by atoms with E-state index in [9.17, 15) is 9.59 Å². The van der Waals surface area contributed by atoms with E-state index in [1.165, 1.54) is 0 Å². The van der Waals surface area contributed by atoms with Gasteiger partial charge in [0, 0.05) is 32.6 Å². The van der Waals surface area contributed by atoms with Crippen LogP contribution in [0.4, 0.5) is 0 Å². The van der Waals surface area contributed by atoms with Crippen molar-refractivity contribution in [1.82, 2.24) is 9.80 Å². The Kier molecular flexibility index (Phi) is 6.85. The Hall–Kier alpha value is -2.04. The first kappa shape index (κ1) is 19.3. The van der Waals surface area contributed by atoms with Crippen LogP contribution in [0.2, 0.25) is 0 Å². The summed E-state index contributed by atoms with van der Waals surface area (Å²) in [7, 11) is 1.65. The zero-order valence-electron chi connectivity index (χ0n) is 15.9. The third-order valence-electron chi connectivity index (χ3n) is 4.60. The first-order chi connectivity index (χ1) is 11.9. The van der Waals surface area contributed by atoms with Gasteiger partial charge in [-0.2, -0.15) is 0 Å². The first-order valence-electron chi connectivity index (χ1n) is 9.09. The molecule has 0 N–H and O–H groups in total. The minimum Gasteiger partial charge on any atom is -0.496 e. The summed E-state index contributed by atoms with van der Waals surface area (Å²) >= 11 is 0. The molecule has 25 heavy (non-hydrogen) atoms. The highest BCUT2D eigenvalue weighted by Crippen LogP contribution is 2.19. The number of ether oxygens (including phenoxy) is 1. The molecule has 5 heteroatoms. The molecule has 1 aromatic carbocycles. The third-order valence-corrected chi connectivity index (χ3v) is 4.60. The van der Waals surface area contributed by atoms with E-state index in [-0.39, 0.29) is 11.8 Å². The van der Waals surface area contributed by atoms with Crippen molar-refractivity contribution in [3.63, 3.8) is 0 Å². The van der Waals surface area contributed by atoms with Gasteiger partial charge in [-0.1, -0.05) is 26.0 Å². The van der Waals surface area contributed by atoms with Crippen molar-refractivity contribution in [2.75, 3.05) is 33.3 Å². The number of carbonyl (C=O) groups excluding carboxylic acids is 2. The maximum atomic E-state index is 12.6. The van der Waals surface area contributed by atoms with Crippen molar-refractivity contribution in [3.8, 4) is 5.75 Å². The zero-order valence-corrected chi connectivity index (χ0v) is 15.9. The molecule has 1 aliphatic rings. The number of benzene rings is 1. The van der Waals surface area contributed by atoms with E-state index in [4.69, 9.17) is 4.74 Å². The molecule has 0 atom stereocenters. The van der Waals surface area contributed by atoms with Crippen LogP contribution >= 0.6 is 0 Å². The molecule has 0 aliphatic carbocycles. The fourth-order valence-corrected chi connectivity index (χ4v) is 3.23. The minimum absolute atomic E-state index is 0.128. The summed E-state index contributed by atoms with van der Waals surface area (Å²) in [4.78, 5) is 28.7. The van der Waals surface area contributed by atoms with Gasteiger partial charge >= 0.3 is 0 Å². The van der Waals surface area contributed by atoms with Crippen LogP contribution in [0.25, 0.3) is 0 Å². The van der Waals surface area contributed by atoms with E-state index in [0.29, 0.717) is 31.8 Å². The Morgan fingerprint density at radius 3 is 2.28 bits per heavy atom. The maximum Gasteiger partial charge on any atom is 0.227 e. The molecule has 138 valence electrons. The molecule has 1 saturated heterocycles. The molecule has 0 aromatic heterocycles. The molecule has 1 fully saturated rings. The van der Waals surface area contributed by atoms with Gasteiger partial charge in [0.2, 0.25) is 11.8 Å². The van der Waals surface area contributed by atoms with Crippen LogP contribution < -0.4 is 4.74 Å². The monoisotopic (exact) mass is 346 g/mol. The van der Waals surface area contributed by atoms with Crippen molar-refractivity contribution < 1.29 is 14.3 Å². The first-order valence-corrected chi connectivity index (χ1v) is 9.09. The van der Waals surface area contributed by atoms with Gasteiger partial charge in [-0.25, -0.2) is 0 Å². The normalized spacial score (nSPS) is 15.2. The van der Waals surface area contributed by atoms with Crippen LogP contribution in [-0.2, 0) is 16.0 Å². The molecule has 2 amide bonds. The maximum absolute atomic E-state index is 12.6. The Balaban J connectivity index is 1.92. The molecule has 1 aromatic rings. The standard InChI is InChI=1S/C20H30N2O3/c1-15(2)12-19(23)21-8-5-9-22(11-10-21)20(24)14-17-6-7-18(25-4)16(3)13-17/h6-7,13,15H,5,8-12,14H2,1-4H3. The van der Waals surface area contributed by atoms with Gasteiger partial charge in [0.1, 0.15) is 5.75 Å². The van der Waals surface area contributed by atoms with Gasteiger partial charge in [-0.15, -0.1) is 0 Å². The number of nitrogens with zero attached hydrogens (tertiary/aromatic N) is 2. The zero-order chi connectivity index (χ0) is 18.4. The Bertz CT molecular complexity index is 613. The molecule has 1 aliphatic heterocycles. The molecular formula is C20H30N2O3. The van der Waals surface area contributed by atoms with Crippen molar-refractivity contribution in [2.24, 2.45) is 5.92 Å². The van der Waals surface area contributed by atoms with Gasteiger partial charge < -0.3 is 14.5 Å². The molecular weight excluding hydrogens is 316 g/mol. The SMILES string of the molecule is COc1ccc(CC(=O)N2CCCN(C(=O)CC(C)C)CC2)cc1C. The molecule has 0 radical (unpaired) electrons. The smallest absolute Gasteiger partial charge is 0.227 e. The lowest BCUT2D eigenvalue weighted by Gasteiger charge is -2.23. The van der Waals surface area contributed by atoms with Gasteiger partial charge in [0.05, 0.1) is 13.5 Å². The summed E-state index contributed by atoms with van der Waals surface area (Å²) in [6, 6.07) is 5.86. The number of amides is 2. The average molecular weight is 346 g/mol. The molecule has 0 saturated carbocycles. The highest BCUT2D eigenvalue weighted by Gasteiger charge is 2.22. The van der Waals surface area contributed by atoms with E-state index in [1.807, 2.05) is 34.9 Å². The van der Waals surface area contributed by atoms with Crippen molar-refractivity contribution in [3.05, 3.63) is 29.3 Å². The van der Waals surface area contributed by atoms with Crippen molar-refractivity contribution in [1.29, 1.82) is 0 Å². The number of hydrogen-bond acceptors (Lipinski definition) is 3. The predicted molar refractivity (Wildman–Crippen MR) is 98.7 cm³/mol. The molecule has 5 nitrogen and oxygen atoms in total. The summed E-state index contributed by atoms with van der Waals surface area (Å²) in [6.45, 7) is 8.83. The van der Waals surface area contributed by atoms with Gasteiger partial charge in [-0.3, -0.25) is 9.59 Å². The van der Waals surface area contributed by atoms with Crippen LogP contribution in [0.5, 0.6) is 5.75 Å².